The van der Waals surface area contributed by atoms with E-state index >= 15 is 0 Å². The first kappa shape index (κ1) is 16.7. The molecule has 1 aliphatic carbocycles. The van der Waals surface area contributed by atoms with Gasteiger partial charge in [0.1, 0.15) is 6.54 Å². The SMILES string of the molecule is CCOC(=O)C(N)C(=O)N(CC(F)(F)F)C(C)C1CC1. The molecule has 2 unspecified atom stereocenters. The fraction of sp³-hybridized carbons (Fsp3) is 0.833. The van der Waals surface area contributed by atoms with Crippen LogP contribution in [0, 0.1) is 5.92 Å². The highest BCUT2D eigenvalue weighted by Crippen LogP contribution is 2.36. The van der Waals surface area contributed by atoms with Crippen molar-refractivity contribution < 1.29 is 27.5 Å². The Hall–Kier alpha value is -1.31. The van der Waals surface area contributed by atoms with Crippen LogP contribution in [0.5, 0.6) is 0 Å². The summed E-state index contributed by atoms with van der Waals surface area (Å²) in [5, 5.41) is 0. The summed E-state index contributed by atoms with van der Waals surface area (Å²) < 4.78 is 42.3. The smallest absolute Gasteiger partial charge is 0.406 e. The van der Waals surface area contributed by atoms with Gasteiger partial charge < -0.3 is 15.4 Å². The van der Waals surface area contributed by atoms with E-state index in [0.29, 0.717) is 4.90 Å². The van der Waals surface area contributed by atoms with Crippen molar-refractivity contribution in [1.82, 2.24) is 4.90 Å². The van der Waals surface area contributed by atoms with Crippen molar-refractivity contribution in [2.24, 2.45) is 11.7 Å². The summed E-state index contributed by atoms with van der Waals surface area (Å²) in [6.45, 7) is 1.67. The number of carbonyl (C=O) groups is 2. The van der Waals surface area contributed by atoms with Crippen LogP contribution in [-0.2, 0) is 14.3 Å². The number of nitrogens with zero attached hydrogens (tertiary/aromatic N) is 1. The molecule has 0 aromatic carbocycles. The Balaban J connectivity index is 2.80. The third-order valence-corrected chi connectivity index (χ3v) is 3.24. The van der Waals surface area contributed by atoms with Gasteiger partial charge in [-0.05, 0) is 32.6 Å². The summed E-state index contributed by atoms with van der Waals surface area (Å²) in [7, 11) is 0. The zero-order chi connectivity index (χ0) is 15.5. The molecule has 116 valence electrons. The average molecular weight is 296 g/mol. The molecule has 20 heavy (non-hydrogen) atoms. The quantitative estimate of drug-likeness (QED) is 0.588. The van der Waals surface area contributed by atoms with Crippen molar-refractivity contribution in [3.05, 3.63) is 0 Å². The minimum Gasteiger partial charge on any atom is -0.464 e. The second-order valence-corrected chi connectivity index (χ2v) is 4.89. The lowest BCUT2D eigenvalue weighted by Gasteiger charge is -2.31. The van der Waals surface area contributed by atoms with Crippen LogP contribution in [0.3, 0.4) is 0 Å². The molecule has 0 bridgehead atoms. The van der Waals surface area contributed by atoms with Crippen LogP contribution < -0.4 is 5.73 Å². The zero-order valence-corrected chi connectivity index (χ0v) is 11.4. The van der Waals surface area contributed by atoms with Crippen LogP contribution in [0.25, 0.3) is 0 Å². The number of nitrogens with two attached hydrogens (primary N) is 1. The highest BCUT2D eigenvalue weighted by atomic mass is 19.4. The van der Waals surface area contributed by atoms with Gasteiger partial charge in [0.05, 0.1) is 6.61 Å². The normalized spacial score (nSPS) is 18.3. The van der Waals surface area contributed by atoms with E-state index in [1.165, 1.54) is 6.92 Å². The minimum absolute atomic E-state index is 0.0112. The molecule has 0 saturated heterocycles. The average Bonchev–Trinajstić information content (AvgIpc) is 3.16. The minimum atomic E-state index is -4.53. The molecule has 0 heterocycles. The number of hydrogen-bond acceptors (Lipinski definition) is 4. The number of halogens is 3. The number of hydrogen-bond donors (Lipinski definition) is 1. The summed E-state index contributed by atoms with van der Waals surface area (Å²) in [5.74, 6) is -2.01. The van der Waals surface area contributed by atoms with Gasteiger partial charge in [0.2, 0.25) is 0 Å². The van der Waals surface area contributed by atoms with E-state index in [1.54, 1.807) is 6.92 Å². The summed E-state index contributed by atoms with van der Waals surface area (Å²) in [4.78, 5) is 24.0. The van der Waals surface area contributed by atoms with E-state index in [0.717, 1.165) is 12.8 Å². The van der Waals surface area contributed by atoms with Gasteiger partial charge in [0, 0.05) is 6.04 Å². The standard InChI is InChI=1S/C12H19F3N2O3/c1-3-20-11(19)9(16)10(18)17(6-12(13,14)15)7(2)8-4-5-8/h7-9H,3-6,16H2,1-2H3. The lowest BCUT2D eigenvalue weighted by Crippen LogP contribution is -2.54. The molecule has 2 atom stereocenters. The van der Waals surface area contributed by atoms with Crippen molar-refractivity contribution >= 4 is 11.9 Å². The van der Waals surface area contributed by atoms with Crippen LogP contribution in [0.2, 0.25) is 0 Å². The number of carbonyl (C=O) groups excluding carboxylic acids is 2. The Labute approximate surface area is 115 Å². The van der Waals surface area contributed by atoms with Crippen LogP contribution in [0.1, 0.15) is 26.7 Å². The molecule has 1 saturated carbocycles. The molecule has 1 aliphatic rings. The predicted molar refractivity (Wildman–Crippen MR) is 64.6 cm³/mol. The monoisotopic (exact) mass is 296 g/mol. The van der Waals surface area contributed by atoms with Crippen LogP contribution in [-0.4, -0.2) is 48.2 Å². The molecular weight excluding hydrogens is 277 g/mol. The molecule has 8 heteroatoms. The van der Waals surface area contributed by atoms with Crippen LogP contribution in [0.4, 0.5) is 13.2 Å². The number of esters is 1. The molecular formula is C12H19F3N2O3. The van der Waals surface area contributed by atoms with Gasteiger partial charge in [-0.3, -0.25) is 4.79 Å². The topological polar surface area (TPSA) is 72.6 Å². The molecule has 2 N–H and O–H groups in total. The fourth-order valence-electron chi connectivity index (χ4n) is 1.96. The van der Waals surface area contributed by atoms with Gasteiger partial charge in [-0.2, -0.15) is 13.2 Å². The summed E-state index contributed by atoms with van der Waals surface area (Å²) in [5.41, 5.74) is 5.39. The van der Waals surface area contributed by atoms with Crippen molar-refractivity contribution in [2.45, 2.75) is 44.9 Å². The Morgan fingerprint density at radius 3 is 2.35 bits per heavy atom. The molecule has 1 fully saturated rings. The second-order valence-electron chi connectivity index (χ2n) is 4.89. The fourth-order valence-corrected chi connectivity index (χ4v) is 1.96. The highest BCUT2D eigenvalue weighted by molar-refractivity contribution is 6.01. The van der Waals surface area contributed by atoms with Gasteiger partial charge in [0.15, 0.2) is 6.04 Å². The predicted octanol–water partition coefficient (Wildman–Crippen LogP) is 1.07. The van der Waals surface area contributed by atoms with Crippen LogP contribution in [0.15, 0.2) is 0 Å². The molecule has 0 aliphatic heterocycles. The van der Waals surface area contributed by atoms with Gasteiger partial charge >= 0.3 is 12.1 Å². The lowest BCUT2D eigenvalue weighted by atomic mass is 10.1. The van der Waals surface area contributed by atoms with E-state index in [1.807, 2.05) is 0 Å². The molecule has 5 nitrogen and oxygen atoms in total. The Bertz CT molecular complexity index is 369. The number of rotatable bonds is 6. The van der Waals surface area contributed by atoms with Crippen molar-refractivity contribution in [1.29, 1.82) is 0 Å². The number of alkyl halides is 3. The molecule has 1 rings (SSSR count). The van der Waals surface area contributed by atoms with Gasteiger partial charge in [-0.15, -0.1) is 0 Å². The third kappa shape index (κ3) is 4.66. The van der Waals surface area contributed by atoms with E-state index in [-0.39, 0.29) is 12.5 Å². The Morgan fingerprint density at radius 1 is 1.40 bits per heavy atom. The van der Waals surface area contributed by atoms with Gasteiger partial charge in [0.25, 0.3) is 5.91 Å². The second kappa shape index (κ2) is 6.43. The first-order chi connectivity index (χ1) is 9.17. The van der Waals surface area contributed by atoms with E-state index < -0.39 is 36.7 Å². The molecule has 0 aromatic heterocycles. The highest BCUT2D eigenvalue weighted by Gasteiger charge is 2.43. The summed E-state index contributed by atoms with van der Waals surface area (Å²) in [6.07, 6.45) is -2.98. The Kier molecular flexibility index (Phi) is 5.38. The van der Waals surface area contributed by atoms with E-state index in [2.05, 4.69) is 4.74 Å². The van der Waals surface area contributed by atoms with Crippen molar-refractivity contribution in [3.8, 4) is 0 Å². The van der Waals surface area contributed by atoms with Gasteiger partial charge in [-0.1, -0.05) is 0 Å². The van der Waals surface area contributed by atoms with Crippen LogP contribution >= 0.6 is 0 Å². The molecule has 0 radical (unpaired) electrons. The summed E-state index contributed by atoms with van der Waals surface area (Å²) in [6, 6.07) is -2.30. The Morgan fingerprint density at radius 2 is 1.95 bits per heavy atom. The van der Waals surface area contributed by atoms with E-state index in [9.17, 15) is 22.8 Å². The maximum Gasteiger partial charge on any atom is 0.406 e. The molecule has 0 aromatic rings. The first-order valence-electron chi connectivity index (χ1n) is 6.46. The summed E-state index contributed by atoms with van der Waals surface area (Å²) >= 11 is 0. The molecule has 0 spiro atoms. The molecule has 1 amide bonds. The number of amides is 1. The number of ether oxygens (including phenoxy) is 1. The maximum absolute atomic E-state index is 12.6. The largest absolute Gasteiger partial charge is 0.464 e. The van der Waals surface area contributed by atoms with Crippen molar-refractivity contribution in [2.75, 3.05) is 13.2 Å². The van der Waals surface area contributed by atoms with E-state index in [4.69, 9.17) is 5.73 Å². The third-order valence-electron chi connectivity index (χ3n) is 3.24. The first-order valence-corrected chi connectivity index (χ1v) is 6.46. The zero-order valence-electron chi connectivity index (χ0n) is 11.4. The van der Waals surface area contributed by atoms with Crippen molar-refractivity contribution in [3.63, 3.8) is 0 Å². The maximum atomic E-state index is 12.6. The lowest BCUT2D eigenvalue weighted by molar-refractivity contribution is -0.170. The van der Waals surface area contributed by atoms with Gasteiger partial charge in [-0.25, -0.2) is 4.79 Å².